The number of ether oxygens (including phenoxy) is 1. The fourth-order valence-corrected chi connectivity index (χ4v) is 5.20. The Morgan fingerprint density at radius 3 is 2.37 bits per heavy atom. The summed E-state index contributed by atoms with van der Waals surface area (Å²) in [5.74, 6) is 0.166. The van der Waals surface area contributed by atoms with Crippen molar-refractivity contribution >= 4 is 45.8 Å². The summed E-state index contributed by atoms with van der Waals surface area (Å²) >= 11 is 12.9. The Hall–Kier alpha value is -2.76. The molecule has 3 aromatic rings. The van der Waals surface area contributed by atoms with Crippen LogP contribution in [0.5, 0.6) is 5.75 Å². The molecule has 1 atom stereocenters. The van der Waals surface area contributed by atoms with Crippen LogP contribution in [0.3, 0.4) is 0 Å². The van der Waals surface area contributed by atoms with E-state index in [-0.39, 0.29) is 31.0 Å². The van der Waals surface area contributed by atoms with Gasteiger partial charge in [0.15, 0.2) is 6.61 Å². The number of benzene rings is 3. The zero-order valence-corrected chi connectivity index (χ0v) is 21.3. The van der Waals surface area contributed by atoms with E-state index in [2.05, 4.69) is 5.32 Å². The van der Waals surface area contributed by atoms with E-state index in [4.69, 9.17) is 27.9 Å². The first-order valence-corrected chi connectivity index (χ1v) is 12.9. The van der Waals surface area contributed by atoms with Gasteiger partial charge in [-0.3, -0.25) is 9.59 Å². The number of carbonyl (C=O) groups is 2. The molecule has 35 heavy (non-hydrogen) atoms. The molecule has 4 rings (SSSR count). The summed E-state index contributed by atoms with van der Waals surface area (Å²) in [6.07, 6.45) is 4.62. The van der Waals surface area contributed by atoms with E-state index in [9.17, 15) is 9.59 Å². The highest BCUT2D eigenvalue weighted by molar-refractivity contribution is 6.36. The predicted molar refractivity (Wildman–Crippen MR) is 141 cm³/mol. The molecule has 0 bridgehead atoms. The number of fused-ring (bicyclic) bond motifs is 1. The monoisotopic (exact) mass is 512 g/mol. The Bertz CT molecular complexity index is 1170. The summed E-state index contributed by atoms with van der Waals surface area (Å²) in [5.41, 5.74) is 0.612. The van der Waals surface area contributed by atoms with Crippen LogP contribution in [0.4, 0.5) is 0 Å². The molecule has 0 unspecified atom stereocenters. The fourth-order valence-electron chi connectivity index (χ4n) is 4.68. The molecule has 2 amide bonds. The minimum atomic E-state index is -0.661. The van der Waals surface area contributed by atoms with Crippen molar-refractivity contribution in [3.05, 3.63) is 76.3 Å². The molecule has 0 radical (unpaired) electrons. The zero-order valence-electron chi connectivity index (χ0n) is 19.8. The first-order valence-electron chi connectivity index (χ1n) is 12.1. The lowest BCUT2D eigenvalue weighted by Crippen LogP contribution is -2.52. The van der Waals surface area contributed by atoms with Gasteiger partial charge in [0, 0.05) is 33.6 Å². The van der Waals surface area contributed by atoms with Gasteiger partial charge in [0.2, 0.25) is 5.91 Å². The molecular formula is C28H30Cl2N2O3. The Balaban J connectivity index is 1.57. The van der Waals surface area contributed by atoms with Crippen LogP contribution in [0.2, 0.25) is 10.0 Å². The maximum Gasteiger partial charge on any atom is 0.261 e. The van der Waals surface area contributed by atoms with Gasteiger partial charge in [-0.15, -0.1) is 0 Å². The van der Waals surface area contributed by atoms with Crippen molar-refractivity contribution in [2.45, 2.75) is 57.7 Å². The number of nitrogens with one attached hydrogen (secondary N) is 1. The lowest BCUT2D eigenvalue weighted by atomic mass is 10.1. The van der Waals surface area contributed by atoms with Gasteiger partial charge in [0.25, 0.3) is 5.91 Å². The minimum Gasteiger partial charge on any atom is -0.483 e. The van der Waals surface area contributed by atoms with E-state index in [1.165, 1.54) is 0 Å². The van der Waals surface area contributed by atoms with Gasteiger partial charge >= 0.3 is 0 Å². The van der Waals surface area contributed by atoms with Gasteiger partial charge in [0.05, 0.1) is 0 Å². The Labute approximate surface area is 216 Å². The molecule has 3 aromatic carbocycles. The van der Waals surface area contributed by atoms with Gasteiger partial charge in [-0.25, -0.2) is 0 Å². The molecular weight excluding hydrogens is 483 g/mol. The largest absolute Gasteiger partial charge is 0.483 e. The quantitative estimate of drug-likeness (QED) is 0.361. The Kier molecular flexibility index (Phi) is 8.53. The van der Waals surface area contributed by atoms with Crippen molar-refractivity contribution in [3.8, 4) is 5.75 Å². The topological polar surface area (TPSA) is 58.6 Å². The maximum atomic E-state index is 13.6. The van der Waals surface area contributed by atoms with Crippen molar-refractivity contribution in [1.29, 1.82) is 0 Å². The maximum absolute atomic E-state index is 13.6. The number of halogens is 2. The molecule has 0 heterocycles. The minimum absolute atomic E-state index is 0.118. The first-order chi connectivity index (χ1) is 17.0. The molecule has 1 saturated carbocycles. The number of nitrogens with zero attached hydrogens (tertiary/aromatic N) is 1. The van der Waals surface area contributed by atoms with E-state index < -0.39 is 6.04 Å². The molecule has 7 heteroatoms. The number of rotatable bonds is 9. The summed E-state index contributed by atoms with van der Waals surface area (Å²) in [4.78, 5) is 28.4. The Morgan fingerprint density at radius 2 is 1.66 bits per heavy atom. The second kappa shape index (κ2) is 11.8. The third-order valence-corrected chi connectivity index (χ3v) is 7.29. The lowest BCUT2D eigenvalue weighted by molar-refractivity contribution is -0.143. The highest BCUT2D eigenvalue weighted by Crippen LogP contribution is 2.28. The average molecular weight is 513 g/mol. The Morgan fingerprint density at radius 1 is 1.00 bits per heavy atom. The summed E-state index contributed by atoms with van der Waals surface area (Å²) in [6, 6.07) is 18.3. The molecule has 184 valence electrons. The van der Waals surface area contributed by atoms with E-state index in [1.807, 2.05) is 49.4 Å². The van der Waals surface area contributed by atoms with Crippen molar-refractivity contribution in [2.24, 2.45) is 0 Å². The van der Waals surface area contributed by atoms with Crippen molar-refractivity contribution in [2.75, 3.05) is 6.61 Å². The summed E-state index contributed by atoms with van der Waals surface area (Å²) in [5, 5.41) is 6.00. The van der Waals surface area contributed by atoms with Gasteiger partial charge < -0.3 is 15.0 Å². The number of hydrogen-bond donors (Lipinski definition) is 1. The van der Waals surface area contributed by atoms with Crippen LogP contribution in [-0.4, -0.2) is 35.4 Å². The van der Waals surface area contributed by atoms with Crippen molar-refractivity contribution in [1.82, 2.24) is 10.2 Å². The molecule has 0 saturated heterocycles. The second-order valence-corrected chi connectivity index (χ2v) is 9.72. The highest BCUT2D eigenvalue weighted by Gasteiger charge is 2.31. The SMILES string of the molecule is CC[C@H](C(=O)NC1CCCC1)N(Cc1c(Cl)cccc1Cl)C(=O)COc1cccc2ccccc12. The zero-order chi connectivity index (χ0) is 24.8. The highest BCUT2D eigenvalue weighted by atomic mass is 35.5. The first kappa shape index (κ1) is 25.3. The van der Waals surface area contributed by atoms with Gasteiger partial charge in [-0.2, -0.15) is 0 Å². The van der Waals surface area contributed by atoms with Crippen molar-refractivity contribution in [3.63, 3.8) is 0 Å². The van der Waals surface area contributed by atoms with Gasteiger partial charge in [0.1, 0.15) is 11.8 Å². The number of amides is 2. The third-order valence-electron chi connectivity index (χ3n) is 6.58. The molecule has 1 aliphatic carbocycles. The van der Waals surface area contributed by atoms with Crippen LogP contribution < -0.4 is 10.1 Å². The standard InChI is InChI=1S/C28H30Cl2N2O3/c1-2-25(28(34)31-20-11-4-5-12-20)32(17-22-23(29)14-8-15-24(22)30)27(33)18-35-26-16-7-10-19-9-3-6-13-21(19)26/h3,6-10,13-16,20,25H,2,4-5,11-12,17-18H2,1H3,(H,31,34)/t25-/m1/s1. The fraction of sp³-hybridized carbons (Fsp3) is 0.357. The molecule has 1 aliphatic rings. The number of hydrogen-bond acceptors (Lipinski definition) is 3. The van der Waals surface area contributed by atoms with Crippen LogP contribution in [0.15, 0.2) is 60.7 Å². The second-order valence-electron chi connectivity index (χ2n) is 8.90. The molecule has 5 nitrogen and oxygen atoms in total. The number of carbonyl (C=O) groups excluding carboxylic acids is 2. The van der Waals surface area contributed by atoms with E-state index in [0.29, 0.717) is 27.8 Å². The lowest BCUT2D eigenvalue weighted by Gasteiger charge is -2.32. The molecule has 0 aliphatic heterocycles. The van der Waals surface area contributed by atoms with Gasteiger partial charge in [-0.05, 0) is 42.8 Å². The van der Waals surface area contributed by atoms with E-state index in [1.54, 1.807) is 23.1 Å². The summed E-state index contributed by atoms with van der Waals surface area (Å²) in [6.45, 7) is 1.81. The molecule has 1 N–H and O–H groups in total. The summed E-state index contributed by atoms with van der Waals surface area (Å²) in [7, 11) is 0. The normalized spacial score (nSPS) is 14.6. The van der Waals surface area contributed by atoms with E-state index >= 15 is 0 Å². The molecule has 0 spiro atoms. The summed E-state index contributed by atoms with van der Waals surface area (Å²) < 4.78 is 5.98. The van der Waals surface area contributed by atoms with Gasteiger partial charge in [-0.1, -0.05) is 85.4 Å². The van der Waals surface area contributed by atoms with Crippen LogP contribution >= 0.6 is 23.2 Å². The van der Waals surface area contributed by atoms with Crippen LogP contribution in [0, 0.1) is 0 Å². The molecule has 0 aromatic heterocycles. The predicted octanol–water partition coefficient (Wildman–Crippen LogP) is 6.39. The average Bonchev–Trinajstić information content (AvgIpc) is 3.37. The van der Waals surface area contributed by atoms with E-state index in [0.717, 1.165) is 36.5 Å². The smallest absolute Gasteiger partial charge is 0.261 e. The van der Waals surface area contributed by atoms with Crippen LogP contribution in [0.25, 0.3) is 10.8 Å². The van der Waals surface area contributed by atoms with Crippen molar-refractivity contribution < 1.29 is 14.3 Å². The molecule has 1 fully saturated rings. The van der Waals surface area contributed by atoms with Crippen LogP contribution in [-0.2, 0) is 16.1 Å². The van der Waals surface area contributed by atoms with Crippen LogP contribution in [0.1, 0.15) is 44.6 Å². The third kappa shape index (κ3) is 6.09.